The molecule has 1 aromatic carbocycles. The molecular weight excluding hydrogens is 152 g/mol. The Hall–Kier alpha value is -1.64. The van der Waals surface area contributed by atoms with Gasteiger partial charge < -0.3 is 5.32 Å². The molecule has 1 aliphatic rings. The van der Waals surface area contributed by atoms with Gasteiger partial charge in [-0.2, -0.15) is 0 Å². The molecule has 60 valence electrons. The van der Waals surface area contributed by atoms with E-state index in [0.29, 0.717) is 5.56 Å². The topological polar surface area (TPSA) is 53.0 Å². The van der Waals surface area contributed by atoms with Gasteiger partial charge in [-0.05, 0) is 19.1 Å². The molecule has 1 amide bonds. The molecule has 0 bridgehead atoms. The molecule has 3 nitrogen and oxygen atoms in total. The Morgan fingerprint density at radius 3 is 2.92 bits per heavy atom. The largest absolute Gasteiger partial charge is 0.320 e. The number of benzene rings is 1. The Labute approximate surface area is 69.9 Å². The van der Waals surface area contributed by atoms with Crippen molar-refractivity contribution in [2.45, 2.75) is 6.92 Å². The molecule has 0 unspecified atom stereocenters. The van der Waals surface area contributed by atoms with Crippen LogP contribution in [-0.4, -0.2) is 11.6 Å². The van der Waals surface area contributed by atoms with E-state index in [1.165, 1.54) is 0 Å². The number of aryl methyl sites for hydroxylation is 1. The maximum absolute atomic E-state index is 11.0. The highest BCUT2D eigenvalue weighted by Crippen LogP contribution is 2.23. The summed E-state index contributed by atoms with van der Waals surface area (Å²) in [6, 6.07) is 5.58. The normalized spacial score (nSPS) is 14.4. The van der Waals surface area contributed by atoms with Crippen LogP contribution in [0.1, 0.15) is 11.1 Å². The summed E-state index contributed by atoms with van der Waals surface area (Å²) in [5.74, 6) is -0.310. The predicted molar refractivity (Wildman–Crippen MR) is 46.6 cm³/mol. The van der Waals surface area contributed by atoms with Crippen LogP contribution in [0.4, 0.5) is 5.69 Å². The molecule has 3 heteroatoms. The van der Waals surface area contributed by atoms with E-state index in [-0.39, 0.29) is 11.6 Å². The summed E-state index contributed by atoms with van der Waals surface area (Å²) in [7, 11) is 0. The van der Waals surface area contributed by atoms with Crippen molar-refractivity contribution in [3.8, 4) is 0 Å². The number of nitrogens with one attached hydrogen (secondary N) is 2. The van der Waals surface area contributed by atoms with Crippen molar-refractivity contribution in [1.82, 2.24) is 0 Å². The number of rotatable bonds is 0. The van der Waals surface area contributed by atoms with Gasteiger partial charge >= 0.3 is 0 Å². The summed E-state index contributed by atoms with van der Waals surface area (Å²) >= 11 is 0. The van der Waals surface area contributed by atoms with Crippen LogP contribution in [0.3, 0.4) is 0 Å². The third kappa shape index (κ3) is 0.830. The van der Waals surface area contributed by atoms with E-state index in [4.69, 9.17) is 5.41 Å². The molecule has 1 aromatic rings. The van der Waals surface area contributed by atoms with Crippen molar-refractivity contribution >= 4 is 17.3 Å². The average Bonchev–Trinajstić information content (AvgIpc) is 2.31. The van der Waals surface area contributed by atoms with E-state index in [1.807, 2.05) is 25.1 Å². The van der Waals surface area contributed by atoms with Gasteiger partial charge in [-0.25, -0.2) is 0 Å². The van der Waals surface area contributed by atoms with E-state index in [1.54, 1.807) is 0 Å². The van der Waals surface area contributed by atoms with Crippen LogP contribution in [0.2, 0.25) is 0 Å². The van der Waals surface area contributed by atoms with Gasteiger partial charge in [-0.1, -0.05) is 11.6 Å². The van der Waals surface area contributed by atoms with E-state index in [9.17, 15) is 4.79 Å². The molecular formula is C9H8N2O. The summed E-state index contributed by atoms with van der Waals surface area (Å²) in [5, 5.41) is 10.0. The fraction of sp³-hybridized carbons (Fsp3) is 0.111. The second-order valence-corrected chi connectivity index (χ2v) is 2.88. The van der Waals surface area contributed by atoms with Gasteiger partial charge in [-0.15, -0.1) is 0 Å². The molecule has 0 spiro atoms. The van der Waals surface area contributed by atoms with Crippen LogP contribution in [0, 0.1) is 12.3 Å². The molecule has 0 saturated carbocycles. The Kier molecular flexibility index (Phi) is 1.27. The summed E-state index contributed by atoms with van der Waals surface area (Å²) < 4.78 is 0. The summed E-state index contributed by atoms with van der Waals surface area (Å²) in [4.78, 5) is 11.0. The van der Waals surface area contributed by atoms with Gasteiger partial charge in [0, 0.05) is 5.56 Å². The van der Waals surface area contributed by atoms with Crippen LogP contribution in [0.5, 0.6) is 0 Å². The van der Waals surface area contributed by atoms with Crippen molar-refractivity contribution in [1.29, 1.82) is 5.41 Å². The highest BCUT2D eigenvalue weighted by atomic mass is 16.2. The van der Waals surface area contributed by atoms with E-state index >= 15 is 0 Å². The fourth-order valence-electron chi connectivity index (χ4n) is 1.28. The monoisotopic (exact) mass is 160 g/mol. The molecule has 0 atom stereocenters. The standard InChI is InChI=1S/C9H8N2O/c1-5-2-3-7-6(4-5)8(10)9(12)11-7/h2-4H,1H3,(H2,10,11,12). The maximum Gasteiger partial charge on any atom is 0.274 e. The zero-order valence-corrected chi connectivity index (χ0v) is 6.64. The number of carbonyl (C=O) groups is 1. The van der Waals surface area contributed by atoms with Crippen molar-refractivity contribution < 1.29 is 4.79 Å². The summed E-state index contributed by atoms with van der Waals surface area (Å²) in [6.45, 7) is 1.94. The minimum Gasteiger partial charge on any atom is -0.320 e. The molecule has 1 aliphatic heterocycles. The molecule has 0 saturated heterocycles. The van der Waals surface area contributed by atoms with Crippen LogP contribution < -0.4 is 5.32 Å². The van der Waals surface area contributed by atoms with Crippen molar-refractivity contribution in [2.24, 2.45) is 0 Å². The van der Waals surface area contributed by atoms with Gasteiger partial charge in [0.15, 0.2) is 0 Å². The maximum atomic E-state index is 11.0. The minimum absolute atomic E-state index is 0.0636. The van der Waals surface area contributed by atoms with Gasteiger partial charge in [0.1, 0.15) is 5.71 Å². The smallest absolute Gasteiger partial charge is 0.274 e. The Morgan fingerprint density at radius 2 is 2.17 bits per heavy atom. The van der Waals surface area contributed by atoms with Crippen molar-refractivity contribution in [3.05, 3.63) is 29.3 Å². The summed E-state index contributed by atoms with van der Waals surface area (Å²) in [6.07, 6.45) is 0. The predicted octanol–water partition coefficient (Wildman–Crippen LogP) is 1.31. The van der Waals surface area contributed by atoms with Crippen LogP contribution in [0.15, 0.2) is 18.2 Å². The van der Waals surface area contributed by atoms with Crippen LogP contribution in [0.25, 0.3) is 0 Å². The van der Waals surface area contributed by atoms with Gasteiger partial charge in [0.25, 0.3) is 5.91 Å². The lowest BCUT2D eigenvalue weighted by Crippen LogP contribution is -2.12. The number of amides is 1. The molecule has 0 aliphatic carbocycles. The molecule has 0 aromatic heterocycles. The second kappa shape index (κ2) is 2.17. The Bertz CT molecular complexity index is 382. The highest BCUT2D eigenvalue weighted by Gasteiger charge is 2.23. The van der Waals surface area contributed by atoms with Crippen LogP contribution >= 0.6 is 0 Å². The zero-order chi connectivity index (χ0) is 8.72. The SMILES string of the molecule is Cc1ccc2c(c1)C(=N)C(=O)N2. The molecule has 1 heterocycles. The van der Waals surface area contributed by atoms with Gasteiger partial charge in [0.2, 0.25) is 0 Å². The number of fused-ring (bicyclic) bond motifs is 1. The molecule has 2 N–H and O–H groups in total. The first kappa shape index (κ1) is 7.03. The second-order valence-electron chi connectivity index (χ2n) is 2.88. The van der Waals surface area contributed by atoms with E-state index in [0.717, 1.165) is 11.3 Å². The van der Waals surface area contributed by atoms with E-state index < -0.39 is 0 Å². The Balaban J connectivity index is 2.63. The third-order valence-corrected chi connectivity index (χ3v) is 1.92. The average molecular weight is 160 g/mol. The Morgan fingerprint density at radius 1 is 1.42 bits per heavy atom. The number of carbonyl (C=O) groups excluding carboxylic acids is 1. The highest BCUT2D eigenvalue weighted by molar-refractivity contribution is 6.52. The molecule has 2 rings (SSSR count). The molecule has 12 heavy (non-hydrogen) atoms. The molecule has 0 radical (unpaired) electrons. The number of anilines is 1. The minimum atomic E-state index is -0.310. The molecule has 0 fully saturated rings. The van der Waals surface area contributed by atoms with Crippen LogP contribution in [-0.2, 0) is 4.79 Å². The van der Waals surface area contributed by atoms with Gasteiger partial charge in [0.05, 0.1) is 5.69 Å². The van der Waals surface area contributed by atoms with Crippen molar-refractivity contribution in [2.75, 3.05) is 5.32 Å². The first-order valence-electron chi connectivity index (χ1n) is 3.69. The first-order valence-corrected chi connectivity index (χ1v) is 3.69. The lowest BCUT2D eigenvalue weighted by atomic mass is 10.1. The third-order valence-electron chi connectivity index (χ3n) is 1.92. The number of hydrogen-bond acceptors (Lipinski definition) is 2. The zero-order valence-electron chi connectivity index (χ0n) is 6.64. The lowest BCUT2D eigenvalue weighted by molar-refractivity contribution is -0.110. The first-order chi connectivity index (χ1) is 5.68. The summed E-state index contributed by atoms with van der Waals surface area (Å²) in [5.41, 5.74) is 2.58. The quantitative estimate of drug-likeness (QED) is 0.590. The van der Waals surface area contributed by atoms with E-state index in [2.05, 4.69) is 5.32 Å². The van der Waals surface area contributed by atoms with Crippen molar-refractivity contribution in [3.63, 3.8) is 0 Å². The lowest BCUT2D eigenvalue weighted by Gasteiger charge is -1.97. The number of hydrogen-bond donors (Lipinski definition) is 2. The van der Waals surface area contributed by atoms with Gasteiger partial charge in [-0.3, -0.25) is 10.2 Å². The fourth-order valence-corrected chi connectivity index (χ4v) is 1.28.